The number of ether oxygens (including phenoxy) is 1. The molecule has 2 amide bonds. The van der Waals surface area contributed by atoms with Crippen molar-refractivity contribution in [3.05, 3.63) is 71.3 Å². The normalized spacial score (nSPS) is 19.2. The zero-order chi connectivity index (χ0) is 23.5. The molecule has 2 aliphatic rings. The SMILES string of the molecule is C/C(=C\CNC(=O)OCC1c2ccccc2-c2ccccc21)C(=O)N(C)C1CC(C(=O)O)C1. The minimum Gasteiger partial charge on any atom is -0.481 e. The lowest BCUT2D eigenvalue weighted by molar-refractivity contribution is -0.149. The van der Waals surface area contributed by atoms with Crippen LogP contribution in [0, 0.1) is 5.92 Å². The number of benzene rings is 2. The summed E-state index contributed by atoms with van der Waals surface area (Å²) in [4.78, 5) is 37.3. The summed E-state index contributed by atoms with van der Waals surface area (Å²) < 4.78 is 5.50. The molecular formula is C26H28N2O5. The number of carbonyl (C=O) groups excluding carboxylic acids is 2. The van der Waals surface area contributed by atoms with Gasteiger partial charge in [0.25, 0.3) is 0 Å². The molecule has 2 N–H and O–H groups in total. The minimum atomic E-state index is -0.813. The van der Waals surface area contributed by atoms with Gasteiger partial charge in [-0.15, -0.1) is 0 Å². The van der Waals surface area contributed by atoms with Crippen LogP contribution >= 0.6 is 0 Å². The molecule has 2 aromatic rings. The molecule has 0 aliphatic heterocycles. The van der Waals surface area contributed by atoms with Gasteiger partial charge in [0, 0.05) is 31.1 Å². The van der Waals surface area contributed by atoms with Gasteiger partial charge in [-0.1, -0.05) is 54.6 Å². The Labute approximate surface area is 193 Å². The third-order valence-corrected chi connectivity index (χ3v) is 6.67. The number of fused-ring (bicyclic) bond motifs is 3. The maximum Gasteiger partial charge on any atom is 0.407 e. The molecule has 0 aromatic heterocycles. The Morgan fingerprint density at radius 3 is 2.21 bits per heavy atom. The molecule has 1 saturated carbocycles. The number of hydrogen-bond acceptors (Lipinski definition) is 4. The first kappa shape index (κ1) is 22.6. The van der Waals surface area contributed by atoms with E-state index in [1.807, 2.05) is 24.3 Å². The number of likely N-dealkylation sites (N-methyl/N-ethyl adjacent to an activating group) is 1. The highest BCUT2D eigenvalue weighted by molar-refractivity contribution is 5.93. The molecule has 2 aliphatic carbocycles. The second-order valence-electron chi connectivity index (χ2n) is 8.67. The molecule has 7 heteroatoms. The van der Waals surface area contributed by atoms with E-state index in [1.54, 1.807) is 24.9 Å². The van der Waals surface area contributed by atoms with Crippen molar-refractivity contribution >= 4 is 18.0 Å². The van der Waals surface area contributed by atoms with Crippen LogP contribution in [0.5, 0.6) is 0 Å². The minimum absolute atomic E-state index is 0.00670. The fraction of sp³-hybridized carbons (Fsp3) is 0.346. The summed E-state index contributed by atoms with van der Waals surface area (Å²) in [7, 11) is 1.68. The average molecular weight is 449 g/mol. The molecule has 0 heterocycles. The highest BCUT2D eigenvalue weighted by Crippen LogP contribution is 2.44. The highest BCUT2D eigenvalue weighted by atomic mass is 16.5. The number of carbonyl (C=O) groups is 3. The van der Waals surface area contributed by atoms with Crippen molar-refractivity contribution in [1.29, 1.82) is 0 Å². The number of hydrogen-bond donors (Lipinski definition) is 2. The molecule has 0 atom stereocenters. The van der Waals surface area contributed by atoms with Gasteiger partial charge in [0.2, 0.25) is 5.91 Å². The predicted molar refractivity (Wildman–Crippen MR) is 124 cm³/mol. The number of nitrogens with zero attached hydrogens (tertiary/aromatic N) is 1. The van der Waals surface area contributed by atoms with Gasteiger partial charge in [-0.2, -0.15) is 0 Å². The first-order chi connectivity index (χ1) is 15.9. The van der Waals surface area contributed by atoms with Gasteiger partial charge < -0.3 is 20.1 Å². The Balaban J connectivity index is 1.27. The van der Waals surface area contributed by atoms with Crippen molar-refractivity contribution in [3.8, 4) is 11.1 Å². The van der Waals surface area contributed by atoms with Crippen molar-refractivity contribution in [2.24, 2.45) is 5.92 Å². The standard InChI is InChI=1S/C26H28N2O5/c1-16(24(29)28(2)18-13-17(14-18)25(30)31)11-12-27-26(32)33-15-23-21-9-5-3-7-19(21)20-8-4-6-10-22(20)23/h3-11,17-18,23H,12-15H2,1-2H3,(H,27,32)(H,30,31)/b16-11+. The van der Waals surface area contributed by atoms with Gasteiger partial charge in [-0.3, -0.25) is 9.59 Å². The lowest BCUT2D eigenvalue weighted by atomic mass is 9.79. The van der Waals surface area contributed by atoms with Crippen LogP contribution in [-0.4, -0.2) is 54.2 Å². The number of amides is 2. The Bertz CT molecular complexity index is 1060. The Morgan fingerprint density at radius 2 is 1.64 bits per heavy atom. The summed E-state index contributed by atoms with van der Waals surface area (Å²) in [5, 5.41) is 11.7. The summed E-state index contributed by atoms with van der Waals surface area (Å²) in [6.45, 7) is 2.09. The quantitative estimate of drug-likeness (QED) is 0.629. The van der Waals surface area contributed by atoms with Crippen LogP contribution < -0.4 is 5.32 Å². The lowest BCUT2D eigenvalue weighted by Crippen LogP contribution is -2.48. The molecule has 1 fully saturated rings. The number of nitrogens with one attached hydrogen (secondary N) is 1. The molecule has 2 aromatic carbocycles. The fourth-order valence-corrected chi connectivity index (χ4v) is 4.57. The fourth-order valence-electron chi connectivity index (χ4n) is 4.57. The number of rotatable bonds is 7. The maximum absolute atomic E-state index is 12.5. The molecule has 0 saturated heterocycles. The van der Waals surface area contributed by atoms with Crippen LogP contribution in [0.2, 0.25) is 0 Å². The van der Waals surface area contributed by atoms with Crippen LogP contribution in [-0.2, 0) is 14.3 Å². The Hall–Kier alpha value is -3.61. The van der Waals surface area contributed by atoms with E-state index in [2.05, 4.69) is 29.6 Å². The zero-order valence-corrected chi connectivity index (χ0v) is 18.8. The zero-order valence-electron chi connectivity index (χ0n) is 18.8. The van der Waals surface area contributed by atoms with Crippen LogP contribution in [0.3, 0.4) is 0 Å². The monoisotopic (exact) mass is 448 g/mol. The molecule has 7 nitrogen and oxygen atoms in total. The molecule has 4 rings (SSSR count). The molecule has 0 unspecified atom stereocenters. The van der Waals surface area contributed by atoms with Gasteiger partial charge in [-0.05, 0) is 42.0 Å². The Morgan fingerprint density at radius 1 is 1.06 bits per heavy atom. The molecule has 0 spiro atoms. The summed E-state index contributed by atoms with van der Waals surface area (Å²) in [6, 6.07) is 16.2. The van der Waals surface area contributed by atoms with E-state index >= 15 is 0 Å². The molecule has 0 radical (unpaired) electrons. The average Bonchev–Trinajstić information content (AvgIpc) is 3.09. The summed E-state index contributed by atoms with van der Waals surface area (Å²) in [5.41, 5.74) is 5.14. The molecular weight excluding hydrogens is 420 g/mol. The van der Waals surface area contributed by atoms with E-state index in [0.29, 0.717) is 18.4 Å². The van der Waals surface area contributed by atoms with E-state index < -0.39 is 12.1 Å². The van der Waals surface area contributed by atoms with Gasteiger partial charge in [0.05, 0.1) is 5.92 Å². The third-order valence-electron chi connectivity index (χ3n) is 6.67. The van der Waals surface area contributed by atoms with E-state index in [4.69, 9.17) is 9.84 Å². The molecule has 33 heavy (non-hydrogen) atoms. The van der Waals surface area contributed by atoms with E-state index in [1.165, 1.54) is 11.1 Å². The van der Waals surface area contributed by atoms with Crippen molar-refractivity contribution in [2.75, 3.05) is 20.2 Å². The van der Waals surface area contributed by atoms with E-state index in [9.17, 15) is 14.4 Å². The Kier molecular flexibility index (Phi) is 6.49. The van der Waals surface area contributed by atoms with Crippen LogP contribution in [0.1, 0.15) is 36.8 Å². The van der Waals surface area contributed by atoms with Gasteiger partial charge >= 0.3 is 12.1 Å². The van der Waals surface area contributed by atoms with Crippen molar-refractivity contribution in [2.45, 2.75) is 31.7 Å². The summed E-state index contributed by atoms with van der Waals surface area (Å²) in [6.07, 6.45) is 2.06. The summed E-state index contributed by atoms with van der Waals surface area (Å²) >= 11 is 0. The smallest absolute Gasteiger partial charge is 0.407 e. The van der Waals surface area contributed by atoms with E-state index in [0.717, 1.165) is 11.1 Å². The van der Waals surface area contributed by atoms with Crippen LogP contribution in [0.25, 0.3) is 11.1 Å². The second-order valence-corrected chi connectivity index (χ2v) is 8.67. The van der Waals surface area contributed by atoms with Gasteiger partial charge in [-0.25, -0.2) is 4.79 Å². The summed E-state index contributed by atoms with van der Waals surface area (Å²) in [5.74, 6) is -1.36. The van der Waals surface area contributed by atoms with Crippen LogP contribution in [0.15, 0.2) is 60.2 Å². The topological polar surface area (TPSA) is 95.9 Å². The van der Waals surface area contributed by atoms with Crippen molar-refractivity contribution in [1.82, 2.24) is 10.2 Å². The number of carboxylic acids is 1. The highest BCUT2D eigenvalue weighted by Gasteiger charge is 2.38. The largest absolute Gasteiger partial charge is 0.481 e. The lowest BCUT2D eigenvalue weighted by Gasteiger charge is -2.39. The van der Waals surface area contributed by atoms with Gasteiger partial charge in [0.1, 0.15) is 6.61 Å². The second kappa shape index (κ2) is 9.48. The maximum atomic E-state index is 12.5. The van der Waals surface area contributed by atoms with Crippen LogP contribution in [0.4, 0.5) is 4.79 Å². The predicted octanol–water partition coefficient (Wildman–Crippen LogP) is 3.79. The van der Waals surface area contributed by atoms with Crippen molar-refractivity contribution < 1.29 is 24.2 Å². The first-order valence-electron chi connectivity index (χ1n) is 11.1. The third kappa shape index (κ3) is 4.62. The van der Waals surface area contributed by atoms with Crippen molar-refractivity contribution in [3.63, 3.8) is 0 Å². The van der Waals surface area contributed by atoms with Gasteiger partial charge in [0.15, 0.2) is 0 Å². The van der Waals surface area contributed by atoms with E-state index in [-0.39, 0.29) is 36.9 Å². The number of alkyl carbamates (subject to hydrolysis) is 1. The number of aliphatic carboxylic acids is 1. The number of carboxylic acid groups (broad SMARTS) is 1. The molecule has 0 bridgehead atoms. The first-order valence-corrected chi connectivity index (χ1v) is 11.1. The molecule has 172 valence electrons.